The topological polar surface area (TPSA) is 92.8 Å². The maximum Gasteiger partial charge on any atom is 0.258 e. The van der Waals surface area contributed by atoms with E-state index in [4.69, 9.17) is 4.74 Å². The first-order valence-corrected chi connectivity index (χ1v) is 10.1. The quantitative estimate of drug-likeness (QED) is 0.474. The van der Waals surface area contributed by atoms with Crippen molar-refractivity contribution in [3.05, 3.63) is 83.7 Å². The minimum Gasteiger partial charge on any atom is -0.495 e. The molecule has 160 valence electrons. The number of imidazole rings is 1. The molecule has 0 bridgehead atoms. The number of aromatic amines is 1. The fraction of sp³-hybridized carbons (Fsp3) is 0.182. The Morgan fingerprint density at radius 2 is 2.16 bits per heavy atom. The number of hydrogen-bond acceptors (Lipinski definition) is 5. The summed E-state index contributed by atoms with van der Waals surface area (Å²) in [6.45, 7) is 0.461. The maximum atomic E-state index is 14.3. The van der Waals surface area contributed by atoms with Crippen molar-refractivity contribution in [1.82, 2.24) is 34.1 Å². The van der Waals surface area contributed by atoms with Gasteiger partial charge in [-0.3, -0.25) is 4.79 Å². The van der Waals surface area contributed by atoms with Crippen LogP contribution < -0.4 is 4.74 Å². The zero-order chi connectivity index (χ0) is 21.8. The number of amides is 1. The molecule has 1 amide bonds. The Morgan fingerprint density at radius 3 is 3.00 bits per heavy atom. The van der Waals surface area contributed by atoms with Crippen molar-refractivity contribution in [1.29, 1.82) is 0 Å². The molecule has 9 nitrogen and oxygen atoms in total. The number of methoxy groups -OCH3 is 1. The molecule has 0 aliphatic carbocycles. The molecule has 6 heterocycles. The lowest BCUT2D eigenvalue weighted by molar-refractivity contribution is 0.0689. The van der Waals surface area contributed by atoms with Gasteiger partial charge in [-0.15, -0.1) is 0 Å². The highest BCUT2D eigenvalue weighted by atomic mass is 19.1. The average Bonchev–Trinajstić information content (AvgIpc) is 3.55. The van der Waals surface area contributed by atoms with Crippen LogP contribution in [0.25, 0.3) is 11.0 Å². The third kappa shape index (κ3) is 2.69. The number of aromatic nitrogens is 6. The van der Waals surface area contributed by atoms with Crippen LogP contribution in [0.5, 0.6) is 5.75 Å². The molecule has 10 heteroatoms. The molecule has 0 radical (unpaired) electrons. The smallest absolute Gasteiger partial charge is 0.258 e. The minimum absolute atomic E-state index is 0.193. The zero-order valence-electron chi connectivity index (χ0n) is 17.1. The summed E-state index contributed by atoms with van der Waals surface area (Å²) >= 11 is 0. The molecule has 32 heavy (non-hydrogen) atoms. The summed E-state index contributed by atoms with van der Waals surface area (Å²) in [7, 11) is 1.58. The van der Waals surface area contributed by atoms with Gasteiger partial charge in [0, 0.05) is 24.9 Å². The summed E-state index contributed by atoms with van der Waals surface area (Å²) in [4.78, 5) is 23.1. The molecule has 0 spiro atoms. The molecule has 5 aromatic heterocycles. The number of nitrogens with zero attached hydrogens (tertiary/aromatic N) is 6. The van der Waals surface area contributed by atoms with Crippen LogP contribution in [0.2, 0.25) is 0 Å². The highest BCUT2D eigenvalue weighted by Crippen LogP contribution is 2.35. The number of halogens is 1. The number of fused-ring (bicyclic) bond motifs is 3. The van der Waals surface area contributed by atoms with Gasteiger partial charge < -0.3 is 14.6 Å². The molecule has 0 unspecified atom stereocenters. The summed E-state index contributed by atoms with van der Waals surface area (Å²) in [5, 5.41) is 8.89. The van der Waals surface area contributed by atoms with Gasteiger partial charge in [-0.1, -0.05) is 0 Å². The molecule has 1 atom stereocenters. The third-order valence-electron chi connectivity index (χ3n) is 5.89. The summed E-state index contributed by atoms with van der Waals surface area (Å²) in [6, 6.07) is 7.69. The maximum absolute atomic E-state index is 14.3. The van der Waals surface area contributed by atoms with E-state index in [1.165, 1.54) is 10.6 Å². The first-order valence-electron chi connectivity index (χ1n) is 10.1. The SMILES string of the molecule is COc1ccc2c(C(=O)N3CCc4[nH]cnc4[C@@H]3c3cc4c(F)cccn4n3)cnn2c1. The van der Waals surface area contributed by atoms with Crippen LogP contribution in [-0.2, 0) is 6.42 Å². The van der Waals surface area contributed by atoms with Crippen molar-refractivity contribution in [3.63, 3.8) is 0 Å². The van der Waals surface area contributed by atoms with Gasteiger partial charge in [0.25, 0.3) is 5.91 Å². The predicted molar refractivity (Wildman–Crippen MR) is 112 cm³/mol. The van der Waals surface area contributed by atoms with Gasteiger partial charge in [-0.2, -0.15) is 10.2 Å². The summed E-state index contributed by atoms with van der Waals surface area (Å²) in [6.07, 6.45) is 7.20. The van der Waals surface area contributed by atoms with E-state index in [2.05, 4.69) is 20.2 Å². The van der Waals surface area contributed by atoms with E-state index in [0.717, 1.165) is 5.69 Å². The monoisotopic (exact) mass is 431 g/mol. The Morgan fingerprint density at radius 1 is 1.25 bits per heavy atom. The van der Waals surface area contributed by atoms with Gasteiger partial charge in [0.1, 0.15) is 23.1 Å². The van der Waals surface area contributed by atoms with E-state index in [9.17, 15) is 9.18 Å². The van der Waals surface area contributed by atoms with E-state index in [-0.39, 0.29) is 11.7 Å². The Balaban J connectivity index is 1.47. The van der Waals surface area contributed by atoms with Crippen LogP contribution >= 0.6 is 0 Å². The second-order valence-corrected chi connectivity index (χ2v) is 7.63. The Kier molecular flexibility index (Phi) is 4.00. The standard InChI is InChI=1S/C22H18FN7O2/c1-32-13-4-5-18-14(10-26-30(18)11-13)22(31)28-8-6-16-20(25-12-24-16)21(28)17-9-19-15(23)3-2-7-29(19)27-17/h2-5,7,9-12,21H,6,8H2,1H3,(H,24,25)/t21-/m0/s1. The molecular weight excluding hydrogens is 413 g/mol. The van der Waals surface area contributed by atoms with Crippen molar-refractivity contribution >= 4 is 16.9 Å². The second kappa shape index (κ2) is 6.91. The van der Waals surface area contributed by atoms with Crippen LogP contribution in [0.15, 0.2) is 55.2 Å². The molecule has 1 aliphatic heterocycles. The minimum atomic E-state index is -0.551. The van der Waals surface area contributed by atoms with Crippen molar-refractivity contribution in [3.8, 4) is 5.75 Å². The lowest BCUT2D eigenvalue weighted by Gasteiger charge is -2.33. The first-order chi connectivity index (χ1) is 15.6. The number of ether oxygens (including phenoxy) is 1. The Labute approximate surface area is 181 Å². The molecule has 0 saturated carbocycles. The largest absolute Gasteiger partial charge is 0.495 e. The van der Waals surface area contributed by atoms with Gasteiger partial charge in [0.05, 0.1) is 48.3 Å². The number of carbonyl (C=O) groups is 1. The van der Waals surface area contributed by atoms with Gasteiger partial charge in [0.15, 0.2) is 0 Å². The summed E-state index contributed by atoms with van der Waals surface area (Å²) < 4.78 is 22.7. The highest BCUT2D eigenvalue weighted by Gasteiger charge is 2.37. The second-order valence-electron chi connectivity index (χ2n) is 7.63. The lowest BCUT2D eigenvalue weighted by atomic mass is 9.98. The van der Waals surface area contributed by atoms with Gasteiger partial charge in [-0.25, -0.2) is 18.4 Å². The number of nitrogens with one attached hydrogen (secondary N) is 1. The van der Waals surface area contributed by atoms with Crippen LogP contribution in [0.1, 0.15) is 33.5 Å². The van der Waals surface area contributed by atoms with Crippen molar-refractivity contribution < 1.29 is 13.9 Å². The summed E-state index contributed by atoms with van der Waals surface area (Å²) in [5.41, 5.74) is 3.69. The number of pyridine rings is 2. The number of carbonyl (C=O) groups excluding carboxylic acids is 1. The highest BCUT2D eigenvalue weighted by molar-refractivity contribution is 6.01. The zero-order valence-corrected chi connectivity index (χ0v) is 17.1. The van der Waals surface area contributed by atoms with E-state index in [1.807, 2.05) is 0 Å². The third-order valence-corrected chi connectivity index (χ3v) is 5.89. The number of rotatable bonds is 3. The predicted octanol–water partition coefficient (Wildman–Crippen LogP) is 2.64. The van der Waals surface area contributed by atoms with E-state index >= 15 is 0 Å². The number of hydrogen-bond donors (Lipinski definition) is 1. The van der Waals surface area contributed by atoms with Gasteiger partial charge >= 0.3 is 0 Å². The molecule has 0 saturated heterocycles. The van der Waals surface area contributed by atoms with Crippen molar-refractivity contribution in [2.45, 2.75) is 12.5 Å². The molecule has 6 rings (SSSR count). The fourth-order valence-corrected chi connectivity index (χ4v) is 4.33. The molecular formula is C22H18FN7O2. The number of H-pyrrole nitrogens is 1. The lowest BCUT2D eigenvalue weighted by Crippen LogP contribution is -2.41. The first kappa shape index (κ1) is 18.6. The normalized spacial score (nSPS) is 15.9. The van der Waals surface area contributed by atoms with E-state index in [1.54, 1.807) is 65.7 Å². The van der Waals surface area contributed by atoms with Crippen LogP contribution in [0.3, 0.4) is 0 Å². The molecule has 0 aromatic carbocycles. The van der Waals surface area contributed by atoms with Crippen molar-refractivity contribution in [2.75, 3.05) is 13.7 Å². The van der Waals surface area contributed by atoms with Crippen LogP contribution in [0.4, 0.5) is 4.39 Å². The van der Waals surface area contributed by atoms with Crippen molar-refractivity contribution in [2.24, 2.45) is 0 Å². The van der Waals surface area contributed by atoms with Gasteiger partial charge in [0.2, 0.25) is 0 Å². The van der Waals surface area contributed by atoms with Crippen LogP contribution in [-0.4, -0.2) is 53.7 Å². The van der Waals surface area contributed by atoms with Gasteiger partial charge in [-0.05, 0) is 30.3 Å². The fourth-order valence-electron chi connectivity index (χ4n) is 4.33. The molecule has 1 aliphatic rings. The Hall–Kier alpha value is -4.21. The van der Waals surface area contributed by atoms with E-state index < -0.39 is 6.04 Å². The average molecular weight is 431 g/mol. The molecule has 5 aromatic rings. The molecule has 0 fully saturated rings. The molecule has 1 N–H and O–H groups in total. The Bertz CT molecular complexity index is 1480. The van der Waals surface area contributed by atoms with Crippen LogP contribution in [0, 0.1) is 5.82 Å². The van der Waals surface area contributed by atoms with E-state index in [0.29, 0.717) is 46.7 Å². The summed E-state index contributed by atoms with van der Waals surface area (Å²) in [5.74, 6) is 0.0726.